The van der Waals surface area contributed by atoms with Gasteiger partial charge in [-0.2, -0.15) is 0 Å². The van der Waals surface area contributed by atoms with Gasteiger partial charge in [0.2, 0.25) is 0 Å². The summed E-state index contributed by atoms with van der Waals surface area (Å²) in [7, 11) is 0. The Morgan fingerprint density at radius 1 is 1.33 bits per heavy atom. The van der Waals surface area contributed by atoms with Gasteiger partial charge < -0.3 is 0 Å². The van der Waals surface area contributed by atoms with Crippen molar-refractivity contribution < 1.29 is 0 Å². The van der Waals surface area contributed by atoms with Crippen molar-refractivity contribution >= 4 is 51.4 Å². The Bertz CT molecular complexity index is 43.8. The zero-order chi connectivity index (χ0) is 6.41. The van der Waals surface area contributed by atoms with Crippen LogP contribution < -0.4 is 0 Å². The molecule has 0 bridgehead atoms. The van der Waals surface area contributed by atoms with E-state index in [9.17, 15) is 0 Å². The topological polar surface area (TPSA) is 0 Å². The molecule has 0 saturated heterocycles. The average Bonchev–Trinajstić information content (AvgIpc) is 1.83. The zero-order valence-electron chi connectivity index (χ0n) is 6.11. The fraction of sp³-hybridized carbons (Fsp3) is 0.875. The van der Waals surface area contributed by atoms with Gasteiger partial charge in [-0.25, -0.2) is 0 Å². The van der Waals surface area contributed by atoms with Crippen molar-refractivity contribution in [2.24, 2.45) is 5.92 Å². The van der Waals surface area contributed by atoms with Gasteiger partial charge >= 0.3 is 51.4 Å². The SMILES string of the molecule is [CH2]C(CC)CCCC.[KH]. The van der Waals surface area contributed by atoms with Crippen LogP contribution in [-0.2, 0) is 0 Å². The van der Waals surface area contributed by atoms with Crippen molar-refractivity contribution in [2.75, 3.05) is 0 Å². The zero-order valence-corrected chi connectivity index (χ0v) is 6.11. The Kier molecular flexibility index (Phi) is 14.2. The van der Waals surface area contributed by atoms with Gasteiger partial charge in [0.1, 0.15) is 0 Å². The Morgan fingerprint density at radius 2 is 1.89 bits per heavy atom. The van der Waals surface area contributed by atoms with Gasteiger partial charge in [-0.15, -0.1) is 0 Å². The van der Waals surface area contributed by atoms with Crippen molar-refractivity contribution in [3.8, 4) is 0 Å². The molecule has 0 aliphatic carbocycles. The second kappa shape index (κ2) is 9.64. The molecule has 0 amide bonds. The van der Waals surface area contributed by atoms with Crippen molar-refractivity contribution in [3.05, 3.63) is 6.92 Å². The van der Waals surface area contributed by atoms with Crippen LogP contribution in [0.1, 0.15) is 39.5 Å². The molecule has 0 aromatic carbocycles. The van der Waals surface area contributed by atoms with E-state index in [0.29, 0.717) is 5.92 Å². The molecule has 0 heterocycles. The molecule has 0 nitrogen and oxygen atoms in total. The molecule has 1 heteroatoms. The van der Waals surface area contributed by atoms with E-state index in [1.54, 1.807) is 0 Å². The van der Waals surface area contributed by atoms with Crippen LogP contribution >= 0.6 is 0 Å². The van der Waals surface area contributed by atoms with Crippen LogP contribution in [0.5, 0.6) is 0 Å². The molecule has 0 aromatic heterocycles. The maximum atomic E-state index is 3.99. The van der Waals surface area contributed by atoms with Crippen LogP contribution in [-0.4, -0.2) is 51.4 Å². The minimum atomic E-state index is 0. The van der Waals surface area contributed by atoms with Crippen LogP contribution in [0.2, 0.25) is 0 Å². The molecule has 0 spiro atoms. The van der Waals surface area contributed by atoms with Gasteiger partial charge in [-0.1, -0.05) is 46.5 Å². The van der Waals surface area contributed by atoms with E-state index in [1.807, 2.05) is 0 Å². The van der Waals surface area contributed by atoms with Crippen molar-refractivity contribution in [2.45, 2.75) is 39.5 Å². The molecule has 1 unspecified atom stereocenters. The summed E-state index contributed by atoms with van der Waals surface area (Å²) in [5.74, 6) is 0.704. The summed E-state index contributed by atoms with van der Waals surface area (Å²) in [5, 5.41) is 0. The van der Waals surface area contributed by atoms with E-state index in [1.165, 1.54) is 25.7 Å². The number of hydrogen-bond acceptors (Lipinski definition) is 0. The third-order valence-corrected chi connectivity index (χ3v) is 1.54. The third kappa shape index (κ3) is 9.64. The maximum absolute atomic E-state index is 3.99. The number of hydrogen-bond donors (Lipinski definition) is 0. The Balaban J connectivity index is 0. The van der Waals surface area contributed by atoms with Crippen molar-refractivity contribution in [1.29, 1.82) is 0 Å². The first-order chi connectivity index (χ1) is 3.81. The van der Waals surface area contributed by atoms with Crippen LogP contribution in [0.25, 0.3) is 0 Å². The molecule has 0 aliphatic heterocycles. The first-order valence-electron chi connectivity index (χ1n) is 3.64. The summed E-state index contributed by atoms with van der Waals surface area (Å²) >= 11 is 0. The Labute approximate surface area is 102 Å². The van der Waals surface area contributed by atoms with Crippen LogP contribution in [0.4, 0.5) is 0 Å². The predicted molar refractivity (Wildman–Crippen MR) is 45.8 cm³/mol. The fourth-order valence-electron chi connectivity index (χ4n) is 0.697. The van der Waals surface area contributed by atoms with Gasteiger partial charge in [-0.05, 0) is 5.92 Å². The summed E-state index contributed by atoms with van der Waals surface area (Å²) in [6, 6.07) is 0. The van der Waals surface area contributed by atoms with E-state index in [2.05, 4.69) is 20.8 Å². The Morgan fingerprint density at radius 3 is 2.22 bits per heavy atom. The van der Waals surface area contributed by atoms with Crippen LogP contribution in [0, 0.1) is 12.8 Å². The van der Waals surface area contributed by atoms with Crippen molar-refractivity contribution in [1.82, 2.24) is 0 Å². The van der Waals surface area contributed by atoms with Gasteiger partial charge in [0.15, 0.2) is 0 Å². The van der Waals surface area contributed by atoms with E-state index in [0.717, 1.165) is 0 Å². The van der Waals surface area contributed by atoms with Gasteiger partial charge in [0.05, 0.1) is 0 Å². The molecule has 51 valence electrons. The van der Waals surface area contributed by atoms with E-state index in [-0.39, 0.29) is 51.4 Å². The normalized spacial score (nSPS) is 12.3. The number of unbranched alkanes of at least 4 members (excludes halogenated alkanes) is 1. The van der Waals surface area contributed by atoms with Crippen molar-refractivity contribution in [3.63, 3.8) is 0 Å². The molecule has 0 aromatic rings. The summed E-state index contributed by atoms with van der Waals surface area (Å²) in [6.07, 6.45) is 5.21. The summed E-state index contributed by atoms with van der Waals surface area (Å²) in [6.45, 7) is 8.42. The molecule has 0 saturated carbocycles. The second-order valence-corrected chi connectivity index (χ2v) is 2.42. The van der Waals surface area contributed by atoms with E-state index < -0.39 is 0 Å². The summed E-state index contributed by atoms with van der Waals surface area (Å²) < 4.78 is 0. The average molecular weight is 153 g/mol. The molecule has 1 atom stereocenters. The first kappa shape index (κ1) is 13.2. The summed E-state index contributed by atoms with van der Waals surface area (Å²) in [4.78, 5) is 0. The molecule has 0 aliphatic rings. The first-order valence-corrected chi connectivity index (χ1v) is 3.64. The predicted octanol–water partition coefficient (Wildman–Crippen LogP) is 2.39. The van der Waals surface area contributed by atoms with Crippen LogP contribution in [0.15, 0.2) is 0 Å². The summed E-state index contributed by atoms with van der Waals surface area (Å²) in [5.41, 5.74) is 0. The fourth-order valence-corrected chi connectivity index (χ4v) is 0.697. The van der Waals surface area contributed by atoms with Gasteiger partial charge in [0, 0.05) is 0 Å². The second-order valence-electron chi connectivity index (χ2n) is 2.42. The van der Waals surface area contributed by atoms with Gasteiger partial charge in [0.25, 0.3) is 0 Å². The standard InChI is InChI=1S/C8H17.K.H/c1-4-6-7-8(3)5-2;;/h8H,3-7H2,1-2H3;;. The molecule has 0 fully saturated rings. The number of rotatable bonds is 4. The monoisotopic (exact) mass is 153 g/mol. The Hall–Kier alpha value is 1.64. The molecule has 1 radical (unpaired) electrons. The molecule has 0 N–H and O–H groups in total. The molecular formula is C8H18K. The third-order valence-electron chi connectivity index (χ3n) is 1.54. The van der Waals surface area contributed by atoms with E-state index >= 15 is 0 Å². The minimum absolute atomic E-state index is 0. The molecular weight excluding hydrogens is 135 g/mol. The van der Waals surface area contributed by atoms with Gasteiger partial charge in [-0.3, -0.25) is 0 Å². The quantitative estimate of drug-likeness (QED) is 0.544. The van der Waals surface area contributed by atoms with Crippen LogP contribution in [0.3, 0.4) is 0 Å². The molecule has 0 rings (SSSR count). The van der Waals surface area contributed by atoms with E-state index in [4.69, 9.17) is 0 Å². The molecule has 9 heavy (non-hydrogen) atoms.